The highest BCUT2D eigenvalue weighted by molar-refractivity contribution is 5.75. The van der Waals surface area contributed by atoms with Crippen molar-refractivity contribution in [2.24, 2.45) is 0 Å². The lowest BCUT2D eigenvalue weighted by Gasteiger charge is -2.13. The molecule has 2 N–H and O–H groups in total. The zero-order valence-electron chi connectivity index (χ0n) is 10.5. The zero-order chi connectivity index (χ0) is 12.2. The number of carbonyl (C=O) groups is 1. The van der Waals surface area contributed by atoms with E-state index in [1.165, 1.54) is 0 Å². The third kappa shape index (κ3) is 9.89. The molecular weight excluding hydrogens is 208 g/mol. The van der Waals surface area contributed by atoms with Gasteiger partial charge >= 0.3 is 0 Å². The maximum Gasteiger partial charge on any atom is 0.221 e. The maximum absolute atomic E-state index is 11.3. The van der Waals surface area contributed by atoms with Gasteiger partial charge in [-0.2, -0.15) is 0 Å². The minimum atomic E-state index is 0.0492. The highest BCUT2D eigenvalue weighted by Gasteiger charge is 2.03. The summed E-state index contributed by atoms with van der Waals surface area (Å²) < 4.78 is 10.1. The summed E-state index contributed by atoms with van der Waals surface area (Å²) in [6.07, 6.45) is 0.486. The molecule has 0 saturated heterocycles. The van der Waals surface area contributed by atoms with Crippen LogP contribution in [-0.4, -0.2) is 52.0 Å². The number of ether oxygens (including phenoxy) is 2. The molecule has 1 unspecified atom stereocenters. The Bertz CT molecular complexity index is 177. The van der Waals surface area contributed by atoms with E-state index in [1.807, 2.05) is 13.8 Å². The number of hydrogen-bond acceptors (Lipinski definition) is 4. The zero-order valence-corrected chi connectivity index (χ0v) is 10.5. The maximum atomic E-state index is 11.3. The second-order valence-electron chi connectivity index (χ2n) is 3.61. The van der Waals surface area contributed by atoms with Crippen LogP contribution in [0.25, 0.3) is 0 Å². The van der Waals surface area contributed by atoms with Gasteiger partial charge in [0.2, 0.25) is 5.91 Å². The van der Waals surface area contributed by atoms with Crippen molar-refractivity contribution < 1.29 is 14.3 Å². The van der Waals surface area contributed by atoms with Crippen LogP contribution < -0.4 is 10.6 Å². The monoisotopic (exact) mass is 232 g/mol. The Morgan fingerprint density at radius 2 is 2.12 bits per heavy atom. The molecule has 1 amide bonds. The van der Waals surface area contributed by atoms with Crippen LogP contribution in [0.4, 0.5) is 0 Å². The Hall–Kier alpha value is -0.650. The van der Waals surface area contributed by atoms with E-state index in [0.717, 1.165) is 6.61 Å². The van der Waals surface area contributed by atoms with Gasteiger partial charge in [0.1, 0.15) is 0 Å². The van der Waals surface area contributed by atoms with Gasteiger partial charge in [0.25, 0.3) is 0 Å². The Morgan fingerprint density at radius 3 is 2.75 bits per heavy atom. The van der Waals surface area contributed by atoms with Gasteiger partial charge in [-0.05, 0) is 13.8 Å². The molecule has 0 aromatic carbocycles. The first kappa shape index (κ1) is 15.3. The van der Waals surface area contributed by atoms with E-state index in [-0.39, 0.29) is 11.9 Å². The molecule has 5 heteroatoms. The first-order valence-corrected chi connectivity index (χ1v) is 5.77. The Balaban J connectivity index is 3.32. The van der Waals surface area contributed by atoms with Crippen molar-refractivity contribution in [3.8, 4) is 0 Å². The average Bonchev–Trinajstić information content (AvgIpc) is 2.26. The fraction of sp³-hybridized carbons (Fsp3) is 0.909. The van der Waals surface area contributed by atoms with Crippen LogP contribution in [0.5, 0.6) is 0 Å². The van der Waals surface area contributed by atoms with Crippen LogP contribution >= 0.6 is 0 Å². The molecule has 0 fully saturated rings. The van der Waals surface area contributed by atoms with Crippen molar-refractivity contribution in [3.05, 3.63) is 0 Å². The number of methoxy groups -OCH3 is 1. The van der Waals surface area contributed by atoms with Gasteiger partial charge in [-0.3, -0.25) is 4.79 Å². The highest BCUT2D eigenvalue weighted by atomic mass is 16.5. The number of hydrogen-bond donors (Lipinski definition) is 2. The molecule has 0 aromatic heterocycles. The van der Waals surface area contributed by atoms with E-state index in [1.54, 1.807) is 7.11 Å². The van der Waals surface area contributed by atoms with Gasteiger partial charge in [0.15, 0.2) is 0 Å². The predicted molar refractivity (Wildman–Crippen MR) is 63.5 cm³/mol. The number of nitrogens with one attached hydrogen (secondary N) is 2. The number of carbonyl (C=O) groups excluding carboxylic acids is 1. The molecule has 0 heterocycles. The molecule has 5 nitrogen and oxygen atoms in total. The highest BCUT2D eigenvalue weighted by Crippen LogP contribution is 1.85. The quantitative estimate of drug-likeness (QED) is 0.527. The molecule has 0 aliphatic carbocycles. The van der Waals surface area contributed by atoms with Gasteiger partial charge in [-0.25, -0.2) is 0 Å². The Morgan fingerprint density at radius 1 is 1.38 bits per heavy atom. The topological polar surface area (TPSA) is 59.6 Å². The van der Waals surface area contributed by atoms with Gasteiger partial charge in [-0.1, -0.05) is 0 Å². The van der Waals surface area contributed by atoms with Crippen molar-refractivity contribution in [2.45, 2.75) is 26.3 Å². The standard InChI is InChI=1S/C11H24N2O3/c1-4-16-9-10(2)12-6-5-11(14)13-7-8-15-3/h10,12H,4-9H2,1-3H3,(H,13,14). The third-order valence-electron chi connectivity index (χ3n) is 2.05. The lowest BCUT2D eigenvalue weighted by Crippen LogP contribution is -2.35. The van der Waals surface area contributed by atoms with Crippen molar-refractivity contribution in [3.63, 3.8) is 0 Å². The van der Waals surface area contributed by atoms with Crippen molar-refractivity contribution in [1.29, 1.82) is 0 Å². The molecule has 0 rings (SSSR count). The minimum Gasteiger partial charge on any atom is -0.383 e. The van der Waals surface area contributed by atoms with Crippen LogP contribution in [0.1, 0.15) is 20.3 Å². The Labute approximate surface area is 97.9 Å². The third-order valence-corrected chi connectivity index (χ3v) is 2.05. The van der Waals surface area contributed by atoms with Crippen LogP contribution in [0.2, 0.25) is 0 Å². The fourth-order valence-electron chi connectivity index (χ4n) is 1.17. The number of rotatable bonds is 10. The molecule has 1 atom stereocenters. The molecule has 0 bridgehead atoms. The first-order valence-electron chi connectivity index (χ1n) is 5.77. The van der Waals surface area contributed by atoms with E-state index in [9.17, 15) is 4.79 Å². The SMILES string of the molecule is CCOCC(C)NCCC(=O)NCCOC. The summed E-state index contributed by atoms with van der Waals surface area (Å²) in [7, 11) is 1.61. The minimum absolute atomic E-state index is 0.0492. The largest absolute Gasteiger partial charge is 0.383 e. The molecular formula is C11H24N2O3. The molecule has 0 saturated carbocycles. The molecule has 0 aromatic rings. The average molecular weight is 232 g/mol. The van der Waals surface area contributed by atoms with E-state index >= 15 is 0 Å². The summed E-state index contributed by atoms with van der Waals surface area (Å²) in [5, 5.41) is 5.99. The summed E-state index contributed by atoms with van der Waals surface area (Å²) in [5.41, 5.74) is 0. The van der Waals surface area contributed by atoms with Gasteiger partial charge in [0.05, 0.1) is 13.2 Å². The normalized spacial score (nSPS) is 12.4. The summed E-state index contributed by atoms with van der Waals surface area (Å²) in [6.45, 7) is 7.22. The van der Waals surface area contributed by atoms with Gasteiger partial charge in [-0.15, -0.1) is 0 Å². The summed E-state index contributed by atoms with van der Waals surface area (Å²) in [6, 6.07) is 0.284. The fourth-order valence-corrected chi connectivity index (χ4v) is 1.17. The van der Waals surface area contributed by atoms with E-state index < -0.39 is 0 Å². The van der Waals surface area contributed by atoms with Crippen molar-refractivity contribution in [1.82, 2.24) is 10.6 Å². The predicted octanol–water partition coefficient (Wildman–Crippen LogP) is 0.154. The van der Waals surface area contributed by atoms with Gasteiger partial charge in [0, 0.05) is 39.3 Å². The molecule has 0 spiro atoms. The Kier molecular flexibility index (Phi) is 10.4. The number of amides is 1. The van der Waals surface area contributed by atoms with Crippen LogP contribution in [0.15, 0.2) is 0 Å². The molecule has 0 radical (unpaired) electrons. The van der Waals surface area contributed by atoms with E-state index in [4.69, 9.17) is 9.47 Å². The van der Waals surface area contributed by atoms with Crippen LogP contribution in [0.3, 0.4) is 0 Å². The lowest BCUT2D eigenvalue weighted by molar-refractivity contribution is -0.121. The smallest absolute Gasteiger partial charge is 0.221 e. The second kappa shape index (κ2) is 10.9. The van der Waals surface area contributed by atoms with Crippen molar-refractivity contribution >= 4 is 5.91 Å². The van der Waals surface area contributed by atoms with Crippen LogP contribution in [0, 0.1) is 0 Å². The first-order chi connectivity index (χ1) is 7.70. The van der Waals surface area contributed by atoms with E-state index in [2.05, 4.69) is 10.6 Å². The second-order valence-corrected chi connectivity index (χ2v) is 3.61. The molecule has 0 aliphatic rings. The van der Waals surface area contributed by atoms with Crippen LogP contribution in [-0.2, 0) is 14.3 Å². The molecule has 16 heavy (non-hydrogen) atoms. The van der Waals surface area contributed by atoms with E-state index in [0.29, 0.717) is 32.7 Å². The summed E-state index contributed by atoms with van der Waals surface area (Å²) in [5.74, 6) is 0.0492. The summed E-state index contributed by atoms with van der Waals surface area (Å²) in [4.78, 5) is 11.3. The lowest BCUT2D eigenvalue weighted by atomic mass is 10.3. The molecule has 0 aliphatic heterocycles. The summed E-state index contributed by atoms with van der Waals surface area (Å²) >= 11 is 0. The van der Waals surface area contributed by atoms with Crippen molar-refractivity contribution in [2.75, 3.05) is 40.0 Å². The molecule has 96 valence electrons. The van der Waals surface area contributed by atoms with Gasteiger partial charge < -0.3 is 20.1 Å².